The molecule has 2 N–H and O–H groups in total. The van der Waals surface area contributed by atoms with E-state index in [4.69, 9.17) is 4.74 Å². The lowest BCUT2D eigenvalue weighted by atomic mass is 9.98. The summed E-state index contributed by atoms with van der Waals surface area (Å²) in [6.45, 7) is 3.49. The number of phenolic OH excluding ortho intramolecular Hbond substituents is 1. The van der Waals surface area contributed by atoms with Crippen molar-refractivity contribution in [3.8, 4) is 22.6 Å². The Morgan fingerprint density at radius 3 is 2.50 bits per heavy atom. The van der Waals surface area contributed by atoms with Gasteiger partial charge in [0.25, 0.3) is 5.91 Å². The van der Waals surface area contributed by atoms with Gasteiger partial charge in [0.2, 0.25) is 0 Å². The Labute approximate surface area is 189 Å². The molecule has 1 amide bonds. The van der Waals surface area contributed by atoms with Crippen LogP contribution in [0, 0.1) is 0 Å². The normalized spacial score (nSPS) is 13.4. The monoisotopic (exact) mass is 430 g/mol. The molecule has 0 aliphatic carbocycles. The summed E-state index contributed by atoms with van der Waals surface area (Å²) in [5, 5.41) is 13.1. The van der Waals surface area contributed by atoms with Gasteiger partial charge in [-0.3, -0.25) is 9.69 Å². The fraction of sp³-hybridized carbons (Fsp3) is 0.296. The molecule has 32 heavy (non-hydrogen) atoms. The zero-order valence-electron chi connectivity index (χ0n) is 18.5. The number of aromatic hydroxyl groups is 1. The maximum atomic E-state index is 12.4. The van der Waals surface area contributed by atoms with E-state index in [1.807, 2.05) is 54.6 Å². The Kier molecular flexibility index (Phi) is 7.07. The average Bonchev–Trinajstić information content (AvgIpc) is 2.84. The Balaban J connectivity index is 1.19. The van der Waals surface area contributed by atoms with Crippen LogP contribution < -0.4 is 10.1 Å². The molecule has 0 radical (unpaired) electrons. The van der Waals surface area contributed by atoms with Gasteiger partial charge >= 0.3 is 0 Å². The highest BCUT2D eigenvalue weighted by Crippen LogP contribution is 2.32. The van der Waals surface area contributed by atoms with Crippen molar-refractivity contribution in [1.29, 1.82) is 0 Å². The van der Waals surface area contributed by atoms with E-state index in [0.717, 1.165) is 50.0 Å². The van der Waals surface area contributed by atoms with Gasteiger partial charge in [-0.1, -0.05) is 42.5 Å². The molecule has 4 rings (SSSR count). The number of benzene rings is 3. The van der Waals surface area contributed by atoms with Crippen LogP contribution in [0.4, 0.5) is 0 Å². The second kappa shape index (κ2) is 10.3. The molecule has 1 heterocycles. The summed E-state index contributed by atoms with van der Waals surface area (Å²) in [6.07, 6.45) is 2.91. The molecule has 0 spiro atoms. The van der Waals surface area contributed by atoms with Crippen molar-refractivity contribution in [3.63, 3.8) is 0 Å². The lowest BCUT2D eigenvalue weighted by molar-refractivity contribution is 0.0952. The number of carbonyl (C=O) groups excluding carboxylic acids is 1. The van der Waals surface area contributed by atoms with E-state index in [-0.39, 0.29) is 11.7 Å². The number of amides is 1. The zero-order chi connectivity index (χ0) is 22.3. The highest BCUT2D eigenvalue weighted by molar-refractivity contribution is 5.94. The molecule has 5 nitrogen and oxygen atoms in total. The highest BCUT2D eigenvalue weighted by Gasteiger charge is 2.18. The second-order valence-electron chi connectivity index (χ2n) is 8.23. The smallest absolute Gasteiger partial charge is 0.251 e. The van der Waals surface area contributed by atoms with Crippen molar-refractivity contribution in [2.24, 2.45) is 0 Å². The van der Waals surface area contributed by atoms with Crippen molar-refractivity contribution in [2.45, 2.75) is 25.8 Å². The summed E-state index contributed by atoms with van der Waals surface area (Å²) in [4.78, 5) is 14.8. The van der Waals surface area contributed by atoms with Gasteiger partial charge in [-0.2, -0.15) is 0 Å². The third-order valence-corrected chi connectivity index (χ3v) is 6.03. The standard InChI is InChI=1S/C27H30N2O3/c1-32-26-18-23-13-16-29(19-24(23)17-25(26)30)15-6-5-14-28-27(31)22-11-9-21(10-12-22)20-7-3-2-4-8-20/h2-4,7-12,17-18,30H,5-6,13-16,19H2,1H3,(H,28,31). The molecular formula is C27H30N2O3. The SMILES string of the molecule is COc1cc2c(cc1O)CN(CCCCNC(=O)c1ccc(-c3ccccc3)cc1)CC2. The van der Waals surface area contributed by atoms with Crippen molar-refractivity contribution < 1.29 is 14.6 Å². The fourth-order valence-corrected chi connectivity index (χ4v) is 4.20. The molecule has 3 aromatic carbocycles. The number of methoxy groups -OCH3 is 1. The van der Waals surface area contributed by atoms with Crippen molar-refractivity contribution in [1.82, 2.24) is 10.2 Å². The molecular weight excluding hydrogens is 400 g/mol. The number of ether oxygens (including phenoxy) is 1. The number of hydrogen-bond donors (Lipinski definition) is 2. The first-order valence-electron chi connectivity index (χ1n) is 11.2. The summed E-state index contributed by atoms with van der Waals surface area (Å²) in [5.74, 6) is 0.719. The van der Waals surface area contributed by atoms with Crippen LogP contribution in [0.5, 0.6) is 11.5 Å². The van der Waals surface area contributed by atoms with Crippen LogP contribution in [0.1, 0.15) is 34.3 Å². The van der Waals surface area contributed by atoms with Gasteiger partial charge in [0.1, 0.15) is 0 Å². The summed E-state index contributed by atoms with van der Waals surface area (Å²) in [5.41, 5.74) is 5.36. The molecule has 0 atom stereocenters. The van der Waals surface area contributed by atoms with Gasteiger partial charge in [-0.05, 0) is 72.3 Å². The minimum Gasteiger partial charge on any atom is -0.504 e. The van der Waals surface area contributed by atoms with Crippen LogP contribution in [-0.4, -0.2) is 42.7 Å². The molecule has 0 bridgehead atoms. The molecule has 0 unspecified atom stereocenters. The summed E-state index contributed by atoms with van der Waals surface area (Å²) < 4.78 is 5.21. The molecule has 5 heteroatoms. The van der Waals surface area contributed by atoms with Crippen LogP contribution in [0.3, 0.4) is 0 Å². The molecule has 0 aromatic heterocycles. The van der Waals surface area contributed by atoms with Gasteiger partial charge in [0.05, 0.1) is 7.11 Å². The topological polar surface area (TPSA) is 61.8 Å². The van der Waals surface area contributed by atoms with Gasteiger partial charge in [-0.25, -0.2) is 0 Å². The molecule has 166 valence electrons. The first-order chi connectivity index (χ1) is 15.6. The van der Waals surface area contributed by atoms with E-state index in [1.165, 1.54) is 11.1 Å². The second-order valence-corrected chi connectivity index (χ2v) is 8.23. The fourth-order valence-electron chi connectivity index (χ4n) is 4.20. The van der Waals surface area contributed by atoms with Gasteiger partial charge in [0, 0.05) is 25.2 Å². The van der Waals surface area contributed by atoms with Crippen LogP contribution in [0.15, 0.2) is 66.7 Å². The quantitative estimate of drug-likeness (QED) is 0.511. The van der Waals surface area contributed by atoms with E-state index in [1.54, 1.807) is 7.11 Å². The molecule has 3 aromatic rings. The number of hydrogen-bond acceptors (Lipinski definition) is 4. The van der Waals surface area contributed by atoms with Crippen LogP contribution >= 0.6 is 0 Å². The summed E-state index contributed by atoms with van der Waals surface area (Å²) in [6, 6.07) is 21.7. The molecule has 0 saturated carbocycles. The number of carbonyl (C=O) groups is 1. The first kappa shape index (κ1) is 21.9. The maximum absolute atomic E-state index is 12.4. The van der Waals surface area contributed by atoms with Gasteiger partial charge in [0.15, 0.2) is 11.5 Å². The van der Waals surface area contributed by atoms with E-state index in [0.29, 0.717) is 17.9 Å². The van der Waals surface area contributed by atoms with Crippen molar-refractivity contribution in [2.75, 3.05) is 26.7 Å². The lowest BCUT2D eigenvalue weighted by Crippen LogP contribution is -2.32. The van der Waals surface area contributed by atoms with E-state index in [9.17, 15) is 9.90 Å². The summed E-state index contributed by atoms with van der Waals surface area (Å²) >= 11 is 0. The van der Waals surface area contributed by atoms with Crippen LogP contribution in [-0.2, 0) is 13.0 Å². The Bertz CT molecular complexity index is 1050. The Morgan fingerprint density at radius 2 is 1.75 bits per heavy atom. The van der Waals surface area contributed by atoms with Crippen LogP contribution in [0.2, 0.25) is 0 Å². The van der Waals surface area contributed by atoms with Gasteiger partial charge in [-0.15, -0.1) is 0 Å². The number of unbranched alkanes of at least 4 members (excludes halogenated alkanes) is 1. The third kappa shape index (κ3) is 5.29. The zero-order valence-corrected chi connectivity index (χ0v) is 18.5. The Hall–Kier alpha value is -3.31. The number of fused-ring (bicyclic) bond motifs is 1. The predicted octanol–water partition coefficient (Wildman–Crippen LogP) is 4.64. The minimum atomic E-state index is -0.0269. The third-order valence-electron chi connectivity index (χ3n) is 6.03. The van der Waals surface area contributed by atoms with Crippen LogP contribution in [0.25, 0.3) is 11.1 Å². The molecule has 1 aliphatic heterocycles. The van der Waals surface area contributed by atoms with E-state index >= 15 is 0 Å². The minimum absolute atomic E-state index is 0.0269. The first-order valence-corrected chi connectivity index (χ1v) is 11.2. The maximum Gasteiger partial charge on any atom is 0.251 e. The number of rotatable bonds is 8. The van der Waals surface area contributed by atoms with Crippen molar-refractivity contribution in [3.05, 3.63) is 83.4 Å². The number of phenols is 1. The van der Waals surface area contributed by atoms with Gasteiger partial charge < -0.3 is 15.2 Å². The molecule has 1 aliphatic rings. The molecule has 0 fully saturated rings. The Morgan fingerprint density at radius 1 is 1.00 bits per heavy atom. The number of nitrogens with one attached hydrogen (secondary N) is 1. The highest BCUT2D eigenvalue weighted by atomic mass is 16.5. The van der Waals surface area contributed by atoms with Crippen molar-refractivity contribution >= 4 is 5.91 Å². The average molecular weight is 431 g/mol. The van der Waals surface area contributed by atoms with E-state index < -0.39 is 0 Å². The summed E-state index contributed by atoms with van der Waals surface area (Å²) in [7, 11) is 1.58. The lowest BCUT2D eigenvalue weighted by Gasteiger charge is -2.29. The largest absolute Gasteiger partial charge is 0.504 e. The molecule has 0 saturated heterocycles. The predicted molar refractivity (Wildman–Crippen MR) is 127 cm³/mol. The number of nitrogens with zero attached hydrogens (tertiary/aromatic N) is 1. The van der Waals surface area contributed by atoms with E-state index in [2.05, 4.69) is 22.3 Å².